The third-order valence-electron chi connectivity index (χ3n) is 4.39. The van der Waals surface area contributed by atoms with Crippen molar-refractivity contribution < 1.29 is 14.2 Å². The summed E-state index contributed by atoms with van der Waals surface area (Å²) in [5, 5.41) is 4.58. The number of rotatable bonds is 3. The molecule has 0 amide bonds. The second-order valence-electron chi connectivity index (χ2n) is 6.55. The van der Waals surface area contributed by atoms with E-state index >= 15 is 0 Å². The molecule has 1 aromatic carbocycles. The summed E-state index contributed by atoms with van der Waals surface area (Å²) in [6, 6.07) is 3.32. The van der Waals surface area contributed by atoms with Crippen molar-refractivity contribution in [2.45, 2.75) is 44.2 Å². The lowest BCUT2D eigenvalue weighted by atomic mass is 10.1. The molecule has 0 radical (unpaired) electrons. The monoisotopic (exact) mass is 417 g/mol. The fraction of sp³-hybridized carbons (Fsp3) is 0.533. The summed E-state index contributed by atoms with van der Waals surface area (Å²) in [6.07, 6.45) is -1.94. The van der Waals surface area contributed by atoms with Crippen LogP contribution in [-0.2, 0) is 14.2 Å². The zero-order valence-electron chi connectivity index (χ0n) is 13.8. The van der Waals surface area contributed by atoms with Gasteiger partial charge in [-0.3, -0.25) is 4.57 Å². The summed E-state index contributed by atoms with van der Waals surface area (Å²) in [7, 11) is 0. The average Bonchev–Trinajstić information content (AvgIpc) is 3.14. The Bertz CT molecular complexity index is 927. The molecule has 0 bridgehead atoms. The molecular weight excluding hydrogens is 405 g/mol. The largest absolute Gasteiger partial charge is 0.349 e. The van der Waals surface area contributed by atoms with E-state index in [0.717, 1.165) is 0 Å². The van der Waals surface area contributed by atoms with E-state index in [2.05, 4.69) is 15.0 Å². The standard InChI is InChI=1S/C15H14Cl3N5O3/c1-15(2)25-11-10(5-20-22-19)24-13(12(11)26-15)23-9-4-7(17)6(16)3-8(9)21-14(23)18/h3-4,10-13H,5H2,1-2H3/t10-,11-,12-,13-/m1/s1. The van der Waals surface area contributed by atoms with Gasteiger partial charge in [0.25, 0.3) is 0 Å². The van der Waals surface area contributed by atoms with E-state index < -0.39 is 30.3 Å². The molecule has 4 rings (SSSR count). The maximum absolute atomic E-state index is 8.63. The van der Waals surface area contributed by atoms with E-state index in [9.17, 15) is 0 Å². The van der Waals surface area contributed by atoms with Crippen molar-refractivity contribution in [3.05, 3.63) is 37.9 Å². The van der Waals surface area contributed by atoms with Crippen LogP contribution in [0.4, 0.5) is 0 Å². The number of nitrogens with zero attached hydrogens (tertiary/aromatic N) is 5. The molecule has 11 heteroatoms. The quantitative estimate of drug-likeness (QED) is 0.409. The molecule has 4 atom stereocenters. The first-order valence-corrected chi connectivity index (χ1v) is 8.98. The Kier molecular flexibility index (Phi) is 4.48. The first kappa shape index (κ1) is 18.1. The SMILES string of the molecule is CC1(C)O[C@@H]2[C@H](O1)[C@@H](CN=[N+]=[N-])O[C@H]2n1c(Cl)nc2cc(Cl)c(Cl)cc21. The highest BCUT2D eigenvalue weighted by Crippen LogP contribution is 2.45. The summed E-state index contributed by atoms with van der Waals surface area (Å²) in [5.74, 6) is -0.796. The Morgan fingerprint density at radius 1 is 1.23 bits per heavy atom. The number of fused-ring (bicyclic) bond motifs is 2. The highest BCUT2D eigenvalue weighted by Gasteiger charge is 2.56. The van der Waals surface area contributed by atoms with Crippen molar-refractivity contribution in [2.24, 2.45) is 5.11 Å². The van der Waals surface area contributed by atoms with E-state index in [1.54, 1.807) is 16.7 Å². The molecular formula is C15H14Cl3N5O3. The molecule has 0 aliphatic carbocycles. The Morgan fingerprint density at radius 3 is 2.65 bits per heavy atom. The lowest BCUT2D eigenvalue weighted by molar-refractivity contribution is -0.195. The van der Waals surface area contributed by atoms with Gasteiger partial charge in [0.2, 0.25) is 5.28 Å². The molecule has 0 N–H and O–H groups in total. The summed E-state index contributed by atoms with van der Waals surface area (Å²) >= 11 is 18.6. The van der Waals surface area contributed by atoms with Crippen molar-refractivity contribution >= 4 is 45.8 Å². The Hall–Kier alpha value is -1.25. The summed E-state index contributed by atoms with van der Waals surface area (Å²) in [4.78, 5) is 7.12. The second-order valence-corrected chi connectivity index (χ2v) is 7.70. The summed E-state index contributed by atoms with van der Waals surface area (Å²) in [5.41, 5.74) is 9.87. The van der Waals surface area contributed by atoms with Crippen LogP contribution >= 0.6 is 34.8 Å². The zero-order chi connectivity index (χ0) is 18.6. The number of benzene rings is 1. The molecule has 138 valence electrons. The molecule has 2 aliphatic rings. The minimum Gasteiger partial charge on any atom is -0.349 e. The van der Waals surface area contributed by atoms with Gasteiger partial charge in [0.15, 0.2) is 12.0 Å². The Balaban J connectivity index is 1.79. The van der Waals surface area contributed by atoms with Gasteiger partial charge in [-0.15, -0.1) is 0 Å². The summed E-state index contributed by atoms with van der Waals surface area (Å²) in [6.45, 7) is 3.75. The number of aromatic nitrogens is 2. The van der Waals surface area contributed by atoms with E-state index in [1.807, 2.05) is 13.8 Å². The molecule has 0 unspecified atom stereocenters. The van der Waals surface area contributed by atoms with Crippen molar-refractivity contribution in [1.29, 1.82) is 0 Å². The van der Waals surface area contributed by atoms with Gasteiger partial charge in [-0.2, -0.15) is 0 Å². The molecule has 2 fully saturated rings. The van der Waals surface area contributed by atoms with Gasteiger partial charge in [0.1, 0.15) is 12.2 Å². The van der Waals surface area contributed by atoms with E-state index in [0.29, 0.717) is 21.1 Å². The van der Waals surface area contributed by atoms with Gasteiger partial charge in [-0.1, -0.05) is 28.3 Å². The van der Waals surface area contributed by atoms with Crippen molar-refractivity contribution in [2.75, 3.05) is 6.54 Å². The third kappa shape index (κ3) is 2.92. The number of ether oxygens (including phenoxy) is 3. The lowest BCUT2D eigenvalue weighted by Gasteiger charge is -2.25. The van der Waals surface area contributed by atoms with Gasteiger partial charge in [-0.05, 0) is 43.1 Å². The predicted molar refractivity (Wildman–Crippen MR) is 96.5 cm³/mol. The molecule has 2 aromatic rings. The predicted octanol–water partition coefficient (Wildman–Crippen LogP) is 4.72. The highest BCUT2D eigenvalue weighted by atomic mass is 35.5. The molecule has 2 aliphatic heterocycles. The average molecular weight is 419 g/mol. The highest BCUT2D eigenvalue weighted by molar-refractivity contribution is 6.42. The van der Waals surface area contributed by atoms with Crippen LogP contribution in [0.3, 0.4) is 0 Å². The van der Waals surface area contributed by atoms with Crippen molar-refractivity contribution in [3.8, 4) is 0 Å². The molecule has 0 spiro atoms. The van der Waals surface area contributed by atoms with Crippen LogP contribution in [0.25, 0.3) is 21.5 Å². The molecule has 1 aromatic heterocycles. The maximum Gasteiger partial charge on any atom is 0.206 e. The second kappa shape index (κ2) is 6.42. The van der Waals surface area contributed by atoms with E-state index in [4.69, 9.17) is 54.5 Å². The normalized spacial score (nSPS) is 29.7. The molecule has 26 heavy (non-hydrogen) atoms. The smallest absolute Gasteiger partial charge is 0.206 e. The number of hydrogen-bond acceptors (Lipinski definition) is 5. The van der Waals surface area contributed by atoms with Crippen LogP contribution in [0.2, 0.25) is 15.3 Å². The van der Waals surface area contributed by atoms with Crippen molar-refractivity contribution in [1.82, 2.24) is 9.55 Å². The molecule has 8 nitrogen and oxygen atoms in total. The van der Waals surface area contributed by atoms with Gasteiger partial charge >= 0.3 is 0 Å². The van der Waals surface area contributed by atoms with Gasteiger partial charge < -0.3 is 14.2 Å². The fourth-order valence-corrected chi connectivity index (χ4v) is 4.03. The topological polar surface area (TPSA) is 94.3 Å². The molecule has 0 saturated carbocycles. The van der Waals surface area contributed by atoms with Crippen LogP contribution < -0.4 is 0 Å². The molecule has 3 heterocycles. The number of imidazole rings is 1. The summed E-state index contributed by atoms with van der Waals surface area (Å²) < 4.78 is 19.7. The lowest BCUT2D eigenvalue weighted by Crippen LogP contribution is -2.31. The van der Waals surface area contributed by atoms with Crippen LogP contribution in [0.15, 0.2) is 17.2 Å². The number of hydrogen-bond donors (Lipinski definition) is 0. The van der Waals surface area contributed by atoms with Crippen LogP contribution in [0.1, 0.15) is 20.1 Å². The first-order valence-electron chi connectivity index (χ1n) is 7.85. The molecule has 2 saturated heterocycles. The Labute approximate surface area is 163 Å². The number of azide groups is 1. The van der Waals surface area contributed by atoms with E-state index in [1.165, 1.54) is 0 Å². The fourth-order valence-electron chi connectivity index (χ4n) is 3.43. The Morgan fingerprint density at radius 2 is 1.92 bits per heavy atom. The maximum atomic E-state index is 8.63. The van der Waals surface area contributed by atoms with Gasteiger partial charge in [0, 0.05) is 4.91 Å². The van der Waals surface area contributed by atoms with Crippen LogP contribution in [0.5, 0.6) is 0 Å². The zero-order valence-corrected chi connectivity index (χ0v) is 16.0. The minimum absolute atomic E-state index is 0.116. The van der Waals surface area contributed by atoms with Crippen LogP contribution in [-0.4, -0.2) is 40.2 Å². The van der Waals surface area contributed by atoms with Crippen molar-refractivity contribution in [3.63, 3.8) is 0 Å². The van der Waals surface area contributed by atoms with Gasteiger partial charge in [0.05, 0.1) is 33.7 Å². The minimum atomic E-state index is -0.796. The number of halogens is 3. The van der Waals surface area contributed by atoms with Crippen LogP contribution in [0, 0.1) is 0 Å². The van der Waals surface area contributed by atoms with Gasteiger partial charge in [-0.25, -0.2) is 4.98 Å². The third-order valence-corrected chi connectivity index (χ3v) is 5.38. The van der Waals surface area contributed by atoms with E-state index in [-0.39, 0.29) is 11.8 Å². The first-order chi connectivity index (χ1) is 12.3.